The fourth-order valence-electron chi connectivity index (χ4n) is 5.16. The Morgan fingerprint density at radius 1 is 0.894 bits per heavy atom. The van der Waals surface area contributed by atoms with Crippen molar-refractivity contribution in [2.24, 2.45) is 5.73 Å². The topological polar surface area (TPSA) is 177 Å². The van der Waals surface area contributed by atoms with Crippen LogP contribution in [0.2, 0.25) is 0 Å². The smallest absolute Gasteiger partial charge is 0.408 e. The molecule has 1 aliphatic rings. The van der Waals surface area contributed by atoms with Crippen molar-refractivity contribution in [3.05, 3.63) is 65.7 Å². The van der Waals surface area contributed by atoms with Crippen LogP contribution in [0, 0.1) is 0 Å². The number of amides is 4. The third kappa shape index (κ3) is 11.6. The molecule has 0 aliphatic heterocycles. The molecule has 2 aromatic carbocycles. The average molecular weight is 653 g/mol. The lowest BCUT2D eigenvalue weighted by Crippen LogP contribution is -2.58. The zero-order valence-corrected chi connectivity index (χ0v) is 28.1. The van der Waals surface area contributed by atoms with Crippen LogP contribution >= 0.6 is 0 Å². The highest BCUT2D eigenvalue weighted by atomic mass is 16.6. The van der Waals surface area contributed by atoms with Gasteiger partial charge in [-0.05, 0) is 90.5 Å². The molecule has 1 aliphatic carbocycles. The number of rotatable bonds is 13. The number of nitrogens with zero attached hydrogens (tertiary/aromatic N) is 1. The van der Waals surface area contributed by atoms with E-state index in [1.54, 1.807) is 53.7 Å². The van der Waals surface area contributed by atoms with Gasteiger partial charge in [0.25, 0.3) is 0 Å². The van der Waals surface area contributed by atoms with Crippen molar-refractivity contribution in [3.8, 4) is 5.75 Å². The number of carbonyl (C=O) groups is 5. The van der Waals surface area contributed by atoms with E-state index in [0.717, 1.165) is 12.0 Å². The molecule has 0 bridgehead atoms. The van der Waals surface area contributed by atoms with Gasteiger partial charge >= 0.3 is 12.1 Å². The Labute approximate surface area is 276 Å². The van der Waals surface area contributed by atoms with E-state index in [1.807, 2.05) is 30.3 Å². The van der Waals surface area contributed by atoms with Crippen LogP contribution in [-0.4, -0.2) is 69.1 Å². The molecular weight excluding hydrogens is 604 g/mol. The second-order valence-electron chi connectivity index (χ2n) is 13.8. The quantitative estimate of drug-likeness (QED) is 0.234. The third-order valence-corrected chi connectivity index (χ3v) is 7.39. The summed E-state index contributed by atoms with van der Waals surface area (Å²) in [5.74, 6) is -2.79. The first-order valence-corrected chi connectivity index (χ1v) is 15.9. The summed E-state index contributed by atoms with van der Waals surface area (Å²) >= 11 is 0. The number of aromatic hydroxyl groups is 1. The highest BCUT2D eigenvalue weighted by Crippen LogP contribution is 2.35. The largest absolute Gasteiger partial charge is 0.508 e. The number of nitrogens with one attached hydrogen (secondary N) is 2. The first-order valence-electron chi connectivity index (χ1n) is 15.9. The number of esters is 1. The first kappa shape index (κ1) is 36.9. The van der Waals surface area contributed by atoms with Gasteiger partial charge in [-0.3, -0.25) is 14.4 Å². The molecule has 3 atom stereocenters. The Morgan fingerprint density at radius 3 is 2.06 bits per heavy atom. The van der Waals surface area contributed by atoms with Crippen LogP contribution in [0.1, 0.15) is 90.8 Å². The van der Waals surface area contributed by atoms with Crippen LogP contribution in [0.15, 0.2) is 54.6 Å². The van der Waals surface area contributed by atoms with Gasteiger partial charge in [-0.1, -0.05) is 42.5 Å². The lowest BCUT2D eigenvalue weighted by Gasteiger charge is -2.44. The van der Waals surface area contributed by atoms with Gasteiger partial charge in [0.1, 0.15) is 35.1 Å². The van der Waals surface area contributed by atoms with E-state index < -0.39 is 65.2 Å². The number of carbonyl (C=O) groups excluding carboxylic acids is 5. The number of alkyl carbamates (subject to hydrolysis) is 1. The van der Waals surface area contributed by atoms with Crippen LogP contribution < -0.4 is 16.4 Å². The minimum atomic E-state index is -1.32. The molecule has 3 unspecified atom stereocenters. The number of primary amides is 1. The maximum Gasteiger partial charge on any atom is 0.408 e. The molecule has 47 heavy (non-hydrogen) atoms. The van der Waals surface area contributed by atoms with Crippen molar-refractivity contribution in [1.29, 1.82) is 0 Å². The lowest BCUT2D eigenvalue weighted by molar-refractivity contribution is -0.159. The fraction of sp³-hybridized carbons (Fsp3) is 0.514. The van der Waals surface area contributed by atoms with Gasteiger partial charge in [-0.15, -0.1) is 0 Å². The van der Waals surface area contributed by atoms with Crippen LogP contribution in [0.3, 0.4) is 0 Å². The predicted octanol–water partition coefficient (Wildman–Crippen LogP) is 4.04. The Bertz CT molecular complexity index is 1410. The number of ether oxygens (including phenoxy) is 2. The summed E-state index contributed by atoms with van der Waals surface area (Å²) in [5, 5.41) is 15.8. The molecular formula is C35H48N4O8. The Morgan fingerprint density at radius 2 is 1.53 bits per heavy atom. The highest BCUT2D eigenvalue weighted by Gasteiger charge is 2.43. The zero-order valence-electron chi connectivity index (χ0n) is 28.1. The van der Waals surface area contributed by atoms with Gasteiger partial charge in [0, 0.05) is 18.9 Å². The third-order valence-electron chi connectivity index (χ3n) is 7.39. The minimum absolute atomic E-state index is 0.118. The molecule has 1 fully saturated rings. The van der Waals surface area contributed by atoms with E-state index in [1.165, 1.54) is 17.0 Å². The summed E-state index contributed by atoms with van der Waals surface area (Å²) in [7, 11) is 0. The molecule has 0 saturated heterocycles. The first-order chi connectivity index (χ1) is 21.9. The molecule has 2 aromatic rings. The number of phenolic OH excluding ortho intramolecular Hbond substituents is 1. The molecule has 0 aromatic heterocycles. The van der Waals surface area contributed by atoms with E-state index in [-0.39, 0.29) is 30.6 Å². The van der Waals surface area contributed by atoms with E-state index >= 15 is 0 Å². The van der Waals surface area contributed by atoms with E-state index in [9.17, 15) is 29.1 Å². The standard InChI is InChI=1S/C35H48N4O8/c1-34(2,3)46-32(44)27(20-22-12-8-7-9-13-22)37-30(42)29(23-14-10-17-25(40)21-23)39(24-15-11-16-24)31(43)26(18-19-28(36)41)38-33(45)47-35(4,5)6/h7-10,12-14,17,21,24,26-27,29,40H,11,15-16,18-20H2,1-6H3,(H2,36,41)(H,37,42)(H,38,45). The van der Waals surface area contributed by atoms with Gasteiger partial charge < -0.3 is 35.8 Å². The number of benzene rings is 2. The number of hydrogen-bond acceptors (Lipinski definition) is 8. The summed E-state index contributed by atoms with van der Waals surface area (Å²) in [5.41, 5.74) is 4.77. The molecule has 256 valence electrons. The lowest BCUT2D eigenvalue weighted by atomic mass is 9.87. The molecule has 0 radical (unpaired) electrons. The van der Waals surface area contributed by atoms with Crippen LogP contribution in [0.25, 0.3) is 0 Å². The van der Waals surface area contributed by atoms with Crippen molar-refractivity contribution in [2.45, 2.75) is 115 Å². The minimum Gasteiger partial charge on any atom is -0.508 e. The van der Waals surface area contributed by atoms with Crippen molar-refractivity contribution >= 4 is 29.8 Å². The van der Waals surface area contributed by atoms with Crippen LogP contribution in [0.5, 0.6) is 5.75 Å². The normalized spacial score (nSPS) is 15.3. The number of nitrogens with two attached hydrogens (primary N) is 1. The molecule has 4 amide bonds. The van der Waals surface area contributed by atoms with Crippen molar-refractivity contribution in [2.75, 3.05) is 0 Å². The van der Waals surface area contributed by atoms with Crippen molar-refractivity contribution < 1.29 is 38.6 Å². The van der Waals surface area contributed by atoms with Gasteiger partial charge in [0.05, 0.1) is 0 Å². The molecule has 0 heterocycles. The van der Waals surface area contributed by atoms with E-state index in [0.29, 0.717) is 12.8 Å². The predicted molar refractivity (Wildman–Crippen MR) is 175 cm³/mol. The maximum atomic E-state index is 14.5. The highest BCUT2D eigenvalue weighted by molar-refractivity contribution is 5.94. The average Bonchev–Trinajstić information content (AvgIpc) is 2.92. The number of hydrogen-bond donors (Lipinski definition) is 4. The molecule has 1 saturated carbocycles. The second kappa shape index (κ2) is 15.8. The summed E-state index contributed by atoms with van der Waals surface area (Å²) in [6.07, 6.45) is 0.826. The van der Waals surface area contributed by atoms with Gasteiger partial charge in [0.2, 0.25) is 17.7 Å². The number of phenols is 1. The monoisotopic (exact) mass is 652 g/mol. The van der Waals surface area contributed by atoms with Gasteiger partial charge in [0.15, 0.2) is 0 Å². The molecule has 3 rings (SSSR count). The molecule has 5 N–H and O–H groups in total. The van der Waals surface area contributed by atoms with Gasteiger partial charge in [-0.25, -0.2) is 9.59 Å². The summed E-state index contributed by atoms with van der Waals surface area (Å²) in [4.78, 5) is 68.3. The Balaban J connectivity index is 2.07. The zero-order chi connectivity index (χ0) is 34.9. The van der Waals surface area contributed by atoms with Gasteiger partial charge in [-0.2, -0.15) is 0 Å². The molecule has 12 nitrogen and oxygen atoms in total. The van der Waals surface area contributed by atoms with Crippen molar-refractivity contribution in [1.82, 2.24) is 15.5 Å². The Hall–Kier alpha value is -4.61. The van der Waals surface area contributed by atoms with E-state index in [2.05, 4.69) is 10.6 Å². The summed E-state index contributed by atoms with van der Waals surface area (Å²) in [6, 6.07) is 11.0. The Kier molecular flexibility index (Phi) is 12.4. The SMILES string of the molecule is CC(C)(C)OC(=O)NC(CCC(N)=O)C(=O)N(C1CCC1)C(C(=O)NC(Cc1ccccc1)C(=O)OC(C)(C)C)c1cccc(O)c1. The maximum absolute atomic E-state index is 14.5. The van der Waals surface area contributed by atoms with Crippen molar-refractivity contribution in [3.63, 3.8) is 0 Å². The summed E-state index contributed by atoms with van der Waals surface area (Å²) in [6.45, 7) is 10.2. The second-order valence-corrected chi connectivity index (χ2v) is 13.8. The van der Waals surface area contributed by atoms with Crippen LogP contribution in [0.4, 0.5) is 4.79 Å². The van der Waals surface area contributed by atoms with Crippen LogP contribution in [-0.2, 0) is 35.1 Å². The summed E-state index contributed by atoms with van der Waals surface area (Å²) < 4.78 is 11.1. The van der Waals surface area contributed by atoms with E-state index in [4.69, 9.17) is 15.2 Å². The molecule has 0 spiro atoms. The fourth-order valence-corrected chi connectivity index (χ4v) is 5.16. The molecule has 12 heteroatoms.